The molecule has 0 aliphatic heterocycles. The number of nitrogens with two attached hydrogens (primary N) is 1. The maximum absolute atomic E-state index is 13.0. The second-order valence-electron chi connectivity index (χ2n) is 2.61. The minimum absolute atomic E-state index is 0. The highest BCUT2D eigenvalue weighted by molar-refractivity contribution is 5.85. The first-order valence-corrected chi connectivity index (χ1v) is 3.81. The van der Waals surface area contributed by atoms with Gasteiger partial charge in [0.2, 0.25) is 0 Å². The van der Waals surface area contributed by atoms with Gasteiger partial charge in [0.25, 0.3) is 0 Å². The second-order valence-corrected chi connectivity index (χ2v) is 2.61. The monoisotopic (exact) mass is 207 g/mol. The molecule has 4 heteroatoms. The number of hydrogen-bond acceptors (Lipinski definition) is 1. The molecule has 0 aliphatic carbocycles. The normalized spacial score (nSPS) is 11.9. The first kappa shape index (κ1) is 12.3. The summed E-state index contributed by atoms with van der Waals surface area (Å²) in [4.78, 5) is 0. The van der Waals surface area contributed by atoms with Gasteiger partial charge in [-0.05, 0) is 12.5 Å². The zero-order valence-electron chi connectivity index (χ0n) is 7.04. The van der Waals surface area contributed by atoms with Crippen molar-refractivity contribution in [1.29, 1.82) is 0 Å². The van der Waals surface area contributed by atoms with E-state index in [4.69, 9.17) is 5.73 Å². The van der Waals surface area contributed by atoms with E-state index < -0.39 is 12.7 Å². The molecule has 13 heavy (non-hydrogen) atoms. The molecule has 0 aliphatic rings. The minimum atomic E-state index is -0.531. The summed E-state index contributed by atoms with van der Waals surface area (Å²) in [5, 5.41) is 0. The summed E-state index contributed by atoms with van der Waals surface area (Å²) in [6, 6.07) is 5.65. The molecule has 0 spiro atoms. The third kappa shape index (κ3) is 3.28. The molecule has 0 saturated heterocycles. The molecule has 0 unspecified atom stereocenters. The Morgan fingerprint density at radius 2 is 1.92 bits per heavy atom. The Bertz CT molecular complexity index is 255. The Morgan fingerprint density at radius 1 is 1.31 bits per heavy atom. The van der Waals surface area contributed by atoms with Gasteiger partial charge < -0.3 is 5.73 Å². The third-order valence-electron chi connectivity index (χ3n) is 1.72. The maximum atomic E-state index is 13.0. The van der Waals surface area contributed by atoms with Gasteiger partial charge in [0, 0.05) is 11.6 Å². The lowest BCUT2D eigenvalue weighted by Crippen LogP contribution is -2.12. The van der Waals surface area contributed by atoms with Crippen LogP contribution in [-0.2, 0) is 0 Å². The number of alkyl halides is 1. The fourth-order valence-corrected chi connectivity index (χ4v) is 1.05. The van der Waals surface area contributed by atoms with E-state index in [1.807, 2.05) is 0 Å². The van der Waals surface area contributed by atoms with Crippen molar-refractivity contribution in [3.05, 3.63) is 35.6 Å². The molecule has 0 fully saturated rings. The summed E-state index contributed by atoms with van der Waals surface area (Å²) < 4.78 is 24.8. The number of rotatable bonds is 3. The first-order valence-electron chi connectivity index (χ1n) is 3.81. The Balaban J connectivity index is 0.00000144. The molecular formula is C9H12ClF2N. The van der Waals surface area contributed by atoms with Gasteiger partial charge in [-0.3, -0.25) is 4.39 Å². The average Bonchev–Trinajstić information content (AvgIpc) is 2.05. The largest absolute Gasteiger partial charge is 0.324 e. The van der Waals surface area contributed by atoms with E-state index in [9.17, 15) is 8.78 Å². The number of halogens is 3. The highest BCUT2D eigenvalue weighted by Crippen LogP contribution is 2.16. The predicted octanol–water partition coefficient (Wildman–Crippen LogP) is 2.61. The van der Waals surface area contributed by atoms with E-state index >= 15 is 0 Å². The van der Waals surface area contributed by atoms with Crippen molar-refractivity contribution >= 4 is 12.4 Å². The van der Waals surface area contributed by atoms with E-state index in [0.717, 1.165) is 0 Å². The van der Waals surface area contributed by atoms with Crippen molar-refractivity contribution in [1.82, 2.24) is 0 Å². The van der Waals surface area contributed by atoms with Gasteiger partial charge in [0.15, 0.2) is 0 Å². The van der Waals surface area contributed by atoms with Gasteiger partial charge in [-0.2, -0.15) is 0 Å². The molecule has 2 N–H and O–H groups in total. The van der Waals surface area contributed by atoms with E-state index in [2.05, 4.69) is 0 Å². The fourth-order valence-electron chi connectivity index (χ4n) is 1.05. The highest BCUT2D eigenvalue weighted by atomic mass is 35.5. The molecule has 1 nitrogen and oxygen atoms in total. The molecule has 74 valence electrons. The Kier molecular flexibility index (Phi) is 5.58. The Hall–Kier alpha value is -0.670. The SMILES string of the molecule is Cl.N[C@@H](CCF)c1ccccc1F. The molecule has 1 aromatic rings. The van der Waals surface area contributed by atoms with E-state index in [1.54, 1.807) is 18.2 Å². The molecule has 0 heterocycles. The first-order chi connectivity index (χ1) is 5.75. The standard InChI is InChI=1S/C9H11F2N.ClH/c10-6-5-9(12)7-3-1-2-4-8(7)11;/h1-4,9H,5-6,12H2;1H/t9-;/m0./s1. The van der Waals surface area contributed by atoms with Crippen LogP contribution in [0.3, 0.4) is 0 Å². The van der Waals surface area contributed by atoms with Crippen LogP contribution < -0.4 is 5.73 Å². The fraction of sp³-hybridized carbons (Fsp3) is 0.333. The van der Waals surface area contributed by atoms with Gasteiger partial charge in [0.05, 0.1) is 6.67 Å². The Morgan fingerprint density at radius 3 is 2.46 bits per heavy atom. The quantitative estimate of drug-likeness (QED) is 0.810. The van der Waals surface area contributed by atoms with Crippen LogP contribution in [0.25, 0.3) is 0 Å². The summed E-state index contributed by atoms with van der Waals surface area (Å²) in [5.74, 6) is -0.363. The van der Waals surface area contributed by atoms with Crippen LogP contribution in [0.5, 0.6) is 0 Å². The molecular weight excluding hydrogens is 196 g/mol. The lowest BCUT2D eigenvalue weighted by atomic mass is 10.1. The minimum Gasteiger partial charge on any atom is -0.324 e. The van der Waals surface area contributed by atoms with Gasteiger partial charge in [-0.25, -0.2) is 4.39 Å². The molecule has 1 aromatic carbocycles. The lowest BCUT2D eigenvalue weighted by molar-refractivity contribution is 0.435. The average molecular weight is 208 g/mol. The van der Waals surface area contributed by atoms with Gasteiger partial charge in [-0.15, -0.1) is 12.4 Å². The molecule has 0 amide bonds. The molecule has 1 atom stereocenters. The van der Waals surface area contributed by atoms with Crippen molar-refractivity contribution in [2.24, 2.45) is 5.73 Å². The molecule has 0 radical (unpaired) electrons. The summed E-state index contributed by atoms with van der Waals surface area (Å²) >= 11 is 0. The van der Waals surface area contributed by atoms with Crippen LogP contribution in [0.15, 0.2) is 24.3 Å². The van der Waals surface area contributed by atoms with Crippen LogP contribution in [0, 0.1) is 5.82 Å². The van der Waals surface area contributed by atoms with Crippen molar-refractivity contribution in [2.45, 2.75) is 12.5 Å². The molecule has 1 rings (SSSR count). The van der Waals surface area contributed by atoms with Crippen LogP contribution in [0.1, 0.15) is 18.0 Å². The second kappa shape index (κ2) is 5.89. The molecule has 0 bridgehead atoms. The topological polar surface area (TPSA) is 26.0 Å². The smallest absolute Gasteiger partial charge is 0.127 e. The van der Waals surface area contributed by atoms with Crippen LogP contribution in [0.2, 0.25) is 0 Å². The van der Waals surface area contributed by atoms with Gasteiger partial charge in [0.1, 0.15) is 5.82 Å². The van der Waals surface area contributed by atoms with E-state index in [1.165, 1.54) is 6.07 Å². The maximum Gasteiger partial charge on any atom is 0.127 e. The van der Waals surface area contributed by atoms with Gasteiger partial charge >= 0.3 is 0 Å². The zero-order chi connectivity index (χ0) is 8.97. The van der Waals surface area contributed by atoms with Gasteiger partial charge in [-0.1, -0.05) is 18.2 Å². The number of benzene rings is 1. The van der Waals surface area contributed by atoms with Crippen LogP contribution >= 0.6 is 12.4 Å². The summed E-state index contributed by atoms with van der Waals surface area (Å²) in [7, 11) is 0. The third-order valence-corrected chi connectivity index (χ3v) is 1.72. The Labute approximate surface area is 82.4 Å². The van der Waals surface area contributed by atoms with Crippen molar-refractivity contribution in [2.75, 3.05) is 6.67 Å². The highest BCUT2D eigenvalue weighted by Gasteiger charge is 2.09. The van der Waals surface area contributed by atoms with E-state index in [0.29, 0.717) is 5.56 Å². The molecule has 0 saturated carbocycles. The van der Waals surface area contributed by atoms with Crippen LogP contribution in [-0.4, -0.2) is 6.67 Å². The van der Waals surface area contributed by atoms with Crippen molar-refractivity contribution in [3.8, 4) is 0 Å². The summed E-state index contributed by atoms with van der Waals surface area (Å²) in [5.41, 5.74) is 5.91. The van der Waals surface area contributed by atoms with Crippen LogP contribution in [0.4, 0.5) is 8.78 Å². The van der Waals surface area contributed by atoms with Crippen molar-refractivity contribution in [3.63, 3.8) is 0 Å². The lowest BCUT2D eigenvalue weighted by Gasteiger charge is -2.09. The zero-order valence-corrected chi connectivity index (χ0v) is 7.86. The predicted molar refractivity (Wildman–Crippen MR) is 51.2 cm³/mol. The molecule has 0 aromatic heterocycles. The van der Waals surface area contributed by atoms with E-state index in [-0.39, 0.29) is 24.6 Å². The van der Waals surface area contributed by atoms with Crippen molar-refractivity contribution < 1.29 is 8.78 Å². The number of hydrogen-bond donors (Lipinski definition) is 1. The summed E-state index contributed by atoms with van der Waals surface area (Å²) in [6.07, 6.45) is 0.168. The summed E-state index contributed by atoms with van der Waals surface area (Å²) in [6.45, 7) is -0.518.